The van der Waals surface area contributed by atoms with E-state index < -0.39 is 5.41 Å². The van der Waals surface area contributed by atoms with Crippen molar-refractivity contribution in [2.75, 3.05) is 4.90 Å². The molecule has 0 fully saturated rings. The molecule has 0 bridgehead atoms. The van der Waals surface area contributed by atoms with Crippen LogP contribution in [0.2, 0.25) is 0 Å². The minimum Gasteiger partial charge on any atom is -0.310 e. The summed E-state index contributed by atoms with van der Waals surface area (Å²) < 4.78 is 2.54. The molecule has 2 aliphatic carbocycles. The van der Waals surface area contributed by atoms with E-state index in [0.717, 1.165) is 17.1 Å². The lowest BCUT2D eigenvalue weighted by Gasteiger charge is -2.39. The minimum atomic E-state index is -0.494. The van der Waals surface area contributed by atoms with Crippen LogP contribution in [0, 0.1) is 0 Å². The fourth-order valence-corrected chi connectivity index (χ4v) is 12.3. The molecular weight excluding hydrogens is 797 g/mol. The second-order valence-electron chi connectivity index (χ2n) is 18.8. The van der Waals surface area contributed by atoms with Crippen LogP contribution in [0.3, 0.4) is 0 Å². The Kier molecular flexibility index (Phi) is 7.70. The maximum atomic E-state index is 2.54. The molecule has 3 aliphatic rings. The van der Waals surface area contributed by atoms with Gasteiger partial charge in [0.05, 0.1) is 22.1 Å². The SMILES string of the molecule is CC1(C)c2ccccc2-c2ccc(N(c3ccc(-c4ccccc4)cc3)c3ccc(-c4cc5c6c(c4)c4ccccc4n6-c4ccccc4C54c5ccccc5-c5ccccc54)cc3)cc21. The van der Waals surface area contributed by atoms with Gasteiger partial charge in [0.15, 0.2) is 0 Å². The molecule has 1 aliphatic heterocycles. The van der Waals surface area contributed by atoms with Gasteiger partial charge in [-0.25, -0.2) is 0 Å². The van der Waals surface area contributed by atoms with Crippen molar-refractivity contribution in [3.05, 3.63) is 264 Å². The van der Waals surface area contributed by atoms with E-state index >= 15 is 0 Å². The highest BCUT2D eigenvalue weighted by Gasteiger charge is 2.51. The van der Waals surface area contributed by atoms with Crippen LogP contribution in [-0.2, 0) is 10.8 Å². The van der Waals surface area contributed by atoms with Gasteiger partial charge in [-0.15, -0.1) is 0 Å². The normalized spacial score (nSPS) is 14.2. The van der Waals surface area contributed by atoms with Gasteiger partial charge in [-0.1, -0.05) is 184 Å². The maximum Gasteiger partial charge on any atom is 0.0754 e. The number of hydrogen-bond acceptors (Lipinski definition) is 1. The van der Waals surface area contributed by atoms with Crippen LogP contribution in [0.5, 0.6) is 0 Å². The Bertz CT molecular complexity index is 3730. The summed E-state index contributed by atoms with van der Waals surface area (Å²) in [7, 11) is 0. The summed E-state index contributed by atoms with van der Waals surface area (Å²) in [6, 6.07) is 86.2. The zero-order valence-electron chi connectivity index (χ0n) is 36.8. The van der Waals surface area contributed by atoms with Gasteiger partial charge in [0.25, 0.3) is 0 Å². The van der Waals surface area contributed by atoms with E-state index in [1.54, 1.807) is 0 Å². The van der Waals surface area contributed by atoms with Crippen molar-refractivity contribution in [3.8, 4) is 50.2 Å². The number of rotatable bonds is 5. The first kappa shape index (κ1) is 37.2. The molecule has 0 amide bonds. The van der Waals surface area contributed by atoms with Crippen LogP contribution in [-0.4, -0.2) is 4.57 Å². The molecule has 1 spiro atoms. The predicted octanol–water partition coefficient (Wildman–Crippen LogP) is 16.6. The summed E-state index contributed by atoms with van der Waals surface area (Å²) in [6.45, 7) is 4.73. The van der Waals surface area contributed by atoms with Crippen molar-refractivity contribution in [1.29, 1.82) is 0 Å². The van der Waals surface area contributed by atoms with Crippen molar-refractivity contribution in [2.24, 2.45) is 0 Å². The molecule has 2 heteroatoms. The van der Waals surface area contributed by atoms with Crippen molar-refractivity contribution in [2.45, 2.75) is 24.7 Å². The number of hydrogen-bond donors (Lipinski definition) is 0. The Balaban J connectivity index is 0.966. The zero-order valence-corrected chi connectivity index (χ0v) is 36.8. The van der Waals surface area contributed by atoms with Crippen LogP contribution in [0.15, 0.2) is 231 Å². The Morgan fingerprint density at radius 3 is 1.52 bits per heavy atom. The summed E-state index contributed by atoms with van der Waals surface area (Å²) in [6.07, 6.45) is 0. The third-order valence-corrected chi connectivity index (χ3v) is 15.2. The van der Waals surface area contributed by atoms with Crippen molar-refractivity contribution >= 4 is 38.9 Å². The molecule has 0 radical (unpaired) electrons. The van der Waals surface area contributed by atoms with Gasteiger partial charge in [-0.05, 0) is 139 Å². The molecule has 14 rings (SSSR count). The number of para-hydroxylation sites is 2. The molecule has 2 nitrogen and oxygen atoms in total. The van der Waals surface area contributed by atoms with Gasteiger partial charge in [-0.3, -0.25) is 0 Å². The van der Waals surface area contributed by atoms with E-state index in [0.29, 0.717) is 0 Å². The first-order valence-corrected chi connectivity index (χ1v) is 23.2. The van der Waals surface area contributed by atoms with Gasteiger partial charge in [-0.2, -0.15) is 0 Å². The minimum absolute atomic E-state index is 0.116. The smallest absolute Gasteiger partial charge is 0.0754 e. The molecule has 11 aromatic rings. The second kappa shape index (κ2) is 13.7. The number of benzene rings is 10. The van der Waals surface area contributed by atoms with E-state index in [1.807, 2.05) is 0 Å². The van der Waals surface area contributed by atoms with E-state index in [9.17, 15) is 0 Å². The highest BCUT2D eigenvalue weighted by atomic mass is 15.1. The number of nitrogens with zero attached hydrogens (tertiary/aromatic N) is 2. The van der Waals surface area contributed by atoms with Crippen LogP contribution >= 0.6 is 0 Å². The summed E-state index contributed by atoms with van der Waals surface area (Å²) in [5.74, 6) is 0. The van der Waals surface area contributed by atoms with E-state index in [2.05, 4.69) is 254 Å². The van der Waals surface area contributed by atoms with Gasteiger partial charge >= 0.3 is 0 Å². The summed E-state index contributed by atoms with van der Waals surface area (Å²) >= 11 is 0. The first-order valence-electron chi connectivity index (χ1n) is 23.2. The monoisotopic (exact) mass is 840 g/mol. The summed E-state index contributed by atoms with van der Waals surface area (Å²) in [4.78, 5) is 2.43. The number of aromatic nitrogens is 1. The molecule has 310 valence electrons. The van der Waals surface area contributed by atoms with E-state index in [-0.39, 0.29) is 5.41 Å². The lowest BCUT2D eigenvalue weighted by atomic mass is 9.65. The largest absolute Gasteiger partial charge is 0.310 e. The van der Waals surface area contributed by atoms with Crippen LogP contribution in [0.25, 0.3) is 72.0 Å². The fourth-order valence-electron chi connectivity index (χ4n) is 12.3. The van der Waals surface area contributed by atoms with E-state index in [4.69, 9.17) is 0 Å². The molecule has 66 heavy (non-hydrogen) atoms. The van der Waals surface area contributed by atoms with Gasteiger partial charge in [0.2, 0.25) is 0 Å². The lowest BCUT2D eigenvalue weighted by molar-refractivity contribution is 0.660. The molecule has 1 aromatic heterocycles. The highest BCUT2D eigenvalue weighted by Crippen LogP contribution is 2.61. The average Bonchev–Trinajstić information content (AvgIpc) is 3.95. The van der Waals surface area contributed by atoms with Crippen molar-refractivity contribution < 1.29 is 0 Å². The van der Waals surface area contributed by atoms with Gasteiger partial charge < -0.3 is 9.47 Å². The quantitative estimate of drug-likeness (QED) is 0.168. The fraction of sp³-hybridized carbons (Fsp3) is 0.0625. The topological polar surface area (TPSA) is 8.17 Å². The molecular formula is C64H44N2. The Morgan fingerprint density at radius 2 is 0.833 bits per heavy atom. The average molecular weight is 841 g/mol. The third kappa shape index (κ3) is 4.96. The molecule has 0 N–H and O–H groups in total. The molecule has 0 unspecified atom stereocenters. The third-order valence-electron chi connectivity index (χ3n) is 15.2. The Hall–Kier alpha value is -8.20. The Morgan fingerprint density at radius 1 is 0.333 bits per heavy atom. The molecule has 0 saturated heterocycles. The zero-order chi connectivity index (χ0) is 43.7. The molecule has 2 heterocycles. The van der Waals surface area contributed by atoms with Crippen LogP contribution in [0.1, 0.15) is 47.2 Å². The molecule has 0 atom stereocenters. The van der Waals surface area contributed by atoms with Gasteiger partial charge in [0.1, 0.15) is 0 Å². The van der Waals surface area contributed by atoms with E-state index in [1.165, 1.54) is 105 Å². The summed E-state index contributed by atoms with van der Waals surface area (Å²) in [5, 5.41) is 2.55. The van der Waals surface area contributed by atoms with Gasteiger partial charge in [0, 0.05) is 33.2 Å². The van der Waals surface area contributed by atoms with Crippen LogP contribution < -0.4 is 4.90 Å². The summed E-state index contributed by atoms with van der Waals surface area (Å²) in [5.41, 5.74) is 24.7. The molecule has 10 aromatic carbocycles. The maximum absolute atomic E-state index is 2.54. The number of anilines is 3. The second-order valence-corrected chi connectivity index (χ2v) is 18.8. The van der Waals surface area contributed by atoms with Crippen LogP contribution in [0.4, 0.5) is 17.1 Å². The standard InChI is InChI=1S/C64H44N2/c1-63(2)54-22-10-6-18-48(54)51-37-36-47(40-58(51)63)65(45-32-28-42(29-33-45)41-16-4-3-5-17-41)46-34-30-43(31-35-46)44-38-53-52-21-9-14-26-60(52)66-61-27-15-13-25-57(61)64(59(39-44)62(53)66)55-23-11-7-19-49(55)50-20-8-12-24-56(50)64/h3-40H,1-2H3. The lowest BCUT2D eigenvalue weighted by Crippen LogP contribution is -2.33. The highest BCUT2D eigenvalue weighted by molar-refractivity contribution is 6.14. The van der Waals surface area contributed by atoms with Crippen molar-refractivity contribution in [1.82, 2.24) is 4.57 Å². The Labute approximate surface area is 385 Å². The van der Waals surface area contributed by atoms with Crippen molar-refractivity contribution in [3.63, 3.8) is 0 Å². The first-order chi connectivity index (χ1) is 32.5. The predicted molar refractivity (Wildman–Crippen MR) is 275 cm³/mol. The molecule has 0 saturated carbocycles. The number of fused-ring (bicyclic) bond motifs is 15.